The Morgan fingerprint density at radius 1 is 1.09 bits per heavy atom. The molecule has 1 fully saturated rings. The van der Waals surface area contributed by atoms with Crippen molar-refractivity contribution in [2.75, 3.05) is 17.2 Å². The minimum atomic E-state index is 0.496. The number of para-hydroxylation sites is 1. The highest BCUT2D eigenvalue weighted by Gasteiger charge is 2.14. The van der Waals surface area contributed by atoms with Crippen LogP contribution in [0, 0.1) is 0 Å². The molecule has 0 unspecified atom stereocenters. The number of hydrogen-bond donors (Lipinski definition) is 2. The van der Waals surface area contributed by atoms with E-state index in [4.69, 9.17) is 0 Å². The number of nitrogens with zero attached hydrogens (tertiary/aromatic N) is 2. The molecule has 4 nitrogen and oxygen atoms in total. The highest BCUT2D eigenvalue weighted by Crippen LogP contribution is 2.24. The average Bonchev–Trinajstić information content (AvgIpc) is 2.81. The molecule has 22 heavy (non-hydrogen) atoms. The van der Waals surface area contributed by atoms with Crippen molar-refractivity contribution in [1.29, 1.82) is 0 Å². The molecule has 0 saturated heterocycles. The average molecular weight is 296 g/mol. The van der Waals surface area contributed by atoms with Gasteiger partial charge in [-0.1, -0.05) is 43.9 Å². The molecule has 2 N–H and O–H groups in total. The number of nitrogens with one attached hydrogen (secondary N) is 2. The van der Waals surface area contributed by atoms with E-state index in [1.54, 1.807) is 0 Å². The van der Waals surface area contributed by atoms with Crippen LogP contribution < -0.4 is 10.6 Å². The highest BCUT2D eigenvalue weighted by atomic mass is 15.2. The van der Waals surface area contributed by atoms with Gasteiger partial charge < -0.3 is 10.6 Å². The lowest BCUT2D eigenvalue weighted by Gasteiger charge is -2.17. The van der Waals surface area contributed by atoms with E-state index in [1.165, 1.54) is 38.5 Å². The summed E-state index contributed by atoms with van der Waals surface area (Å²) in [6, 6.07) is 8.62. The molecule has 0 amide bonds. The molecular weight excluding hydrogens is 272 g/mol. The topological polar surface area (TPSA) is 49.8 Å². The van der Waals surface area contributed by atoms with Crippen LogP contribution >= 0.6 is 0 Å². The van der Waals surface area contributed by atoms with Crippen molar-refractivity contribution in [3.05, 3.63) is 36.9 Å². The lowest BCUT2D eigenvalue weighted by atomic mass is 10.1. The third kappa shape index (κ3) is 3.56. The summed E-state index contributed by atoms with van der Waals surface area (Å²) in [4.78, 5) is 9.36. The monoisotopic (exact) mass is 296 g/mol. The predicted octanol–water partition coefficient (Wildman–Crippen LogP) is 4.36. The molecule has 0 atom stereocenters. The van der Waals surface area contributed by atoms with E-state index in [1.807, 2.05) is 24.3 Å². The van der Waals surface area contributed by atoms with Crippen LogP contribution in [0.2, 0.25) is 0 Å². The maximum absolute atomic E-state index is 4.68. The zero-order valence-corrected chi connectivity index (χ0v) is 13.0. The second kappa shape index (κ2) is 7.25. The molecule has 116 valence electrons. The smallest absolute Gasteiger partial charge is 0.225 e. The number of aromatic nitrogens is 2. The highest BCUT2D eigenvalue weighted by molar-refractivity contribution is 5.90. The third-order valence-electron chi connectivity index (χ3n) is 4.21. The van der Waals surface area contributed by atoms with Crippen LogP contribution in [0.25, 0.3) is 10.9 Å². The minimum Gasteiger partial charge on any atom is -0.366 e. The van der Waals surface area contributed by atoms with E-state index >= 15 is 0 Å². The van der Waals surface area contributed by atoms with Crippen molar-refractivity contribution in [3.63, 3.8) is 0 Å². The Balaban J connectivity index is 1.86. The van der Waals surface area contributed by atoms with E-state index in [0.717, 1.165) is 22.7 Å². The molecule has 2 aromatic rings. The van der Waals surface area contributed by atoms with E-state index in [-0.39, 0.29) is 0 Å². The molecule has 0 spiro atoms. The predicted molar refractivity (Wildman–Crippen MR) is 93.3 cm³/mol. The van der Waals surface area contributed by atoms with E-state index in [9.17, 15) is 0 Å². The molecule has 4 heteroatoms. The maximum Gasteiger partial charge on any atom is 0.225 e. The molecule has 0 bridgehead atoms. The largest absolute Gasteiger partial charge is 0.366 e. The number of hydrogen-bond acceptors (Lipinski definition) is 4. The molecule has 1 aromatic carbocycles. The molecule has 1 heterocycles. The zero-order chi connectivity index (χ0) is 15.2. The van der Waals surface area contributed by atoms with E-state index < -0.39 is 0 Å². The van der Waals surface area contributed by atoms with Crippen molar-refractivity contribution in [2.24, 2.45) is 0 Å². The van der Waals surface area contributed by atoms with Gasteiger partial charge in [-0.3, -0.25) is 0 Å². The van der Waals surface area contributed by atoms with Crippen LogP contribution in [0.15, 0.2) is 36.9 Å². The first-order valence-electron chi connectivity index (χ1n) is 8.25. The van der Waals surface area contributed by atoms with E-state index in [0.29, 0.717) is 12.6 Å². The Kier molecular flexibility index (Phi) is 4.88. The lowest BCUT2D eigenvalue weighted by Crippen LogP contribution is -2.20. The van der Waals surface area contributed by atoms with Gasteiger partial charge in [0.15, 0.2) is 0 Å². The Labute approximate surface area is 132 Å². The number of benzene rings is 1. The Morgan fingerprint density at radius 3 is 2.64 bits per heavy atom. The fourth-order valence-corrected chi connectivity index (χ4v) is 3.05. The van der Waals surface area contributed by atoms with E-state index in [2.05, 4.69) is 33.2 Å². The fraction of sp³-hybridized carbons (Fsp3) is 0.444. The minimum absolute atomic E-state index is 0.496. The molecule has 1 aliphatic rings. The first kappa shape index (κ1) is 14.8. The molecule has 0 radical (unpaired) electrons. The summed E-state index contributed by atoms with van der Waals surface area (Å²) < 4.78 is 0. The van der Waals surface area contributed by atoms with Gasteiger partial charge in [-0.15, -0.1) is 6.58 Å². The molecule has 1 saturated carbocycles. The fourth-order valence-electron chi connectivity index (χ4n) is 3.05. The van der Waals surface area contributed by atoms with Crippen molar-refractivity contribution >= 4 is 22.7 Å². The summed E-state index contributed by atoms with van der Waals surface area (Å²) in [5, 5.41) is 7.91. The maximum atomic E-state index is 4.68. The molecule has 0 aliphatic heterocycles. The summed E-state index contributed by atoms with van der Waals surface area (Å²) in [7, 11) is 0. The van der Waals surface area contributed by atoms with Crippen molar-refractivity contribution < 1.29 is 0 Å². The second-order valence-corrected chi connectivity index (χ2v) is 5.92. The summed E-state index contributed by atoms with van der Waals surface area (Å²) in [6.07, 6.45) is 9.57. The lowest BCUT2D eigenvalue weighted by molar-refractivity contribution is 0.615. The van der Waals surface area contributed by atoms with Crippen LogP contribution in [-0.2, 0) is 0 Å². The van der Waals surface area contributed by atoms with Gasteiger partial charge in [0, 0.05) is 18.0 Å². The molecular formula is C18H24N4. The van der Waals surface area contributed by atoms with Crippen LogP contribution in [0.5, 0.6) is 0 Å². The summed E-state index contributed by atoms with van der Waals surface area (Å²) >= 11 is 0. The number of fused-ring (bicyclic) bond motifs is 1. The summed E-state index contributed by atoms with van der Waals surface area (Å²) in [5.41, 5.74) is 0.972. The molecule has 3 rings (SSSR count). The first-order valence-corrected chi connectivity index (χ1v) is 8.25. The van der Waals surface area contributed by atoms with Crippen LogP contribution in [0.1, 0.15) is 38.5 Å². The van der Waals surface area contributed by atoms with Crippen LogP contribution in [0.4, 0.5) is 11.8 Å². The number of anilines is 2. The second-order valence-electron chi connectivity index (χ2n) is 5.92. The SMILES string of the molecule is C=CCNc1nc(NC2CCCCCC2)nc2ccccc12. The normalized spacial score (nSPS) is 16.2. The molecule has 1 aliphatic carbocycles. The Hall–Kier alpha value is -2.10. The van der Waals surface area contributed by atoms with Gasteiger partial charge in [0.1, 0.15) is 5.82 Å². The quantitative estimate of drug-likeness (QED) is 0.635. The van der Waals surface area contributed by atoms with Gasteiger partial charge >= 0.3 is 0 Å². The standard InChI is InChI=1S/C18H24N4/c1-2-13-19-17-15-11-7-8-12-16(15)21-18(22-17)20-14-9-5-3-4-6-10-14/h2,7-8,11-12,14H,1,3-6,9-10,13H2,(H2,19,20,21,22). The molecule has 1 aromatic heterocycles. The summed E-state index contributed by atoms with van der Waals surface area (Å²) in [6.45, 7) is 4.46. The van der Waals surface area contributed by atoms with Crippen LogP contribution in [-0.4, -0.2) is 22.6 Å². The summed E-state index contributed by atoms with van der Waals surface area (Å²) in [5.74, 6) is 1.61. The van der Waals surface area contributed by atoms with Gasteiger partial charge in [-0.2, -0.15) is 4.98 Å². The van der Waals surface area contributed by atoms with Gasteiger partial charge in [0.25, 0.3) is 0 Å². The van der Waals surface area contributed by atoms with Gasteiger partial charge in [-0.25, -0.2) is 4.98 Å². The van der Waals surface area contributed by atoms with Gasteiger partial charge in [-0.05, 0) is 25.0 Å². The first-order chi connectivity index (χ1) is 10.9. The third-order valence-corrected chi connectivity index (χ3v) is 4.21. The van der Waals surface area contributed by atoms with Crippen LogP contribution in [0.3, 0.4) is 0 Å². The van der Waals surface area contributed by atoms with Gasteiger partial charge in [0.2, 0.25) is 5.95 Å². The van der Waals surface area contributed by atoms with Crippen molar-refractivity contribution in [3.8, 4) is 0 Å². The zero-order valence-electron chi connectivity index (χ0n) is 13.0. The van der Waals surface area contributed by atoms with Crippen molar-refractivity contribution in [1.82, 2.24) is 9.97 Å². The Morgan fingerprint density at radius 2 is 1.86 bits per heavy atom. The van der Waals surface area contributed by atoms with Gasteiger partial charge in [0.05, 0.1) is 5.52 Å². The number of rotatable bonds is 5. The van der Waals surface area contributed by atoms with Crippen molar-refractivity contribution in [2.45, 2.75) is 44.6 Å². The Bertz CT molecular complexity index is 630.